The first-order valence-electron chi connectivity index (χ1n) is 9.61. The van der Waals surface area contributed by atoms with Crippen LogP contribution in [0.25, 0.3) is 11.1 Å². The van der Waals surface area contributed by atoms with Gasteiger partial charge >= 0.3 is 0 Å². The highest BCUT2D eigenvalue weighted by Crippen LogP contribution is 2.61. The summed E-state index contributed by atoms with van der Waals surface area (Å²) < 4.78 is 5.86. The number of oxazole rings is 1. The molecule has 0 atom stereocenters. The third-order valence-corrected chi connectivity index (χ3v) is 6.13. The van der Waals surface area contributed by atoms with Crippen LogP contribution in [0.4, 0.5) is 0 Å². The Labute approximate surface area is 169 Å². The Morgan fingerprint density at radius 1 is 1.21 bits per heavy atom. The third-order valence-electron chi connectivity index (χ3n) is 5.90. The van der Waals surface area contributed by atoms with E-state index in [0.717, 1.165) is 35.0 Å². The minimum atomic E-state index is 0.504. The Morgan fingerprint density at radius 2 is 2.00 bits per heavy atom. The van der Waals surface area contributed by atoms with Gasteiger partial charge in [-0.1, -0.05) is 11.6 Å². The number of rotatable bonds is 3. The van der Waals surface area contributed by atoms with E-state index in [0.29, 0.717) is 21.9 Å². The Hall–Kier alpha value is -2.24. The molecule has 0 amide bonds. The molecule has 2 aliphatic carbocycles. The van der Waals surface area contributed by atoms with E-state index in [4.69, 9.17) is 16.0 Å². The van der Waals surface area contributed by atoms with E-state index >= 15 is 0 Å². The average Bonchev–Trinajstić information content (AvgIpc) is 3.03. The van der Waals surface area contributed by atoms with E-state index in [-0.39, 0.29) is 0 Å². The second-order valence-electron chi connectivity index (χ2n) is 8.01. The SMILES string of the molecule is CNC1CC2(C1)CC(c1nc3cc(Cl)ccc3o1)C2.Cc1cc(C=O)ccn1. The van der Waals surface area contributed by atoms with Gasteiger partial charge in [-0.05, 0) is 75.4 Å². The maximum absolute atomic E-state index is 10.1. The fourth-order valence-corrected chi connectivity index (χ4v) is 4.58. The summed E-state index contributed by atoms with van der Waals surface area (Å²) in [5.74, 6) is 1.40. The predicted molar refractivity (Wildman–Crippen MR) is 110 cm³/mol. The van der Waals surface area contributed by atoms with Gasteiger partial charge in [0.15, 0.2) is 11.5 Å². The van der Waals surface area contributed by atoms with Gasteiger partial charge in [0.2, 0.25) is 0 Å². The molecule has 2 aromatic heterocycles. The Balaban J connectivity index is 0.000000181. The highest BCUT2D eigenvalue weighted by atomic mass is 35.5. The van der Waals surface area contributed by atoms with Gasteiger partial charge in [-0.3, -0.25) is 9.78 Å². The van der Waals surface area contributed by atoms with Crippen LogP contribution in [0.5, 0.6) is 0 Å². The minimum Gasteiger partial charge on any atom is -0.440 e. The summed E-state index contributed by atoms with van der Waals surface area (Å²) in [7, 11) is 2.05. The largest absolute Gasteiger partial charge is 0.440 e. The molecule has 28 heavy (non-hydrogen) atoms. The molecule has 0 unspecified atom stereocenters. The maximum atomic E-state index is 10.1. The lowest BCUT2D eigenvalue weighted by Gasteiger charge is -2.57. The molecular formula is C22H24ClN3O2. The van der Waals surface area contributed by atoms with Gasteiger partial charge in [-0.25, -0.2) is 4.98 Å². The second kappa shape index (κ2) is 7.64. The smallest absolute Gasteiger partial charge is 0.198 e. The Bertz CT molecular complexity index is 986. The molecule has 1 spiro atoms. The molecule has 0 bridgehead atoms. The van der Waals surface area contributed by atoms with Gasteiger partial charge in [-0.2, -0.15) is 0 Å². The Kier molecular flexibility index (Phi) is 5.21. The summed E-state index contributed by atoms with van der Waals surface area (Å²) in [4.78, 5) is 18.7. The number of aryl methyl sites for hydroxylation is 1. The summed E-state index contributed by atoms with van der Waals surface area (Å²) >= 11 is 5.98. The lowest BCUT2D eigenvalue weighted by Crippen LogP contribution is -2.53. The van der Waals surface area contributed by atoms with Gasteiger partial charge < -0.3 is 9.73 Å². The summed E-state index contributed by atoms with van der Waals surface area (Å²) in [5.41, 5.74) is 3.87. The number of aromatic nitrogens is 2. The second-order valence-corrected chi connectivity index (χ2v) is 8.45. The van der Waals surface area contributed by atoms with E-state index in [1.807, 2.05) is 25.1 Å². The molecule has 0 aliphatic heterocycles. The molecule has 6 heteroatoms. The summed E-state index contributed by atoms with van der Waals surface area (Å²) in [6.45, 7) is 1.85. The lowest BCUT2D eigenvalue weighted by atomic mass is 9.50. The number of halogens is 1. The zero-order valence-electron chi connectivity index (χ0n) is 16.1. The van der Waals surface area contributed by atoms with E-state index in [9.17, 15) is 4.79 Å². The molecule has 5 nitrogen and oxygen atoms in total. The van der Waals surface area contributed by atoms with Crippen LogP contribution in [0.3, 0.4) is 0 Å². The molecule has 2 aliphatic rings. The fourth-order valence-electron chi connectivity index (χ4n) is 4.42. The monoisotopic (exact) mass is 397 g/mol. The lowest BCUT2D eigenvalue weighted by molar-refractivity contribution is -0.0251. The van der Waals surface area contributed by atoms with E-state index in [1.54, 1.807) is 18.3 Å². The van der Waals surface area contributed by atoms with Crippen LogP contribution in [0.2, 0.25) is 5.02 Å². The maximum Gasteiger partial charge on any atom is 0.198 e. The molecule has 1 aromatic carbocycles. The van der Waals surface area contributed by atoms with Crippen LogP contribution in [0.15, 0.2) is 40.9 Å². The predicted octanol–water partition coefficient (Wildman–Crippen LogP) is 4.93. The molecule has 0 saturated heterocycles. The fraction of sp³-hybridized carbons (Fsp3) is 0.409. The van der Waals surface area contributed by atoms with Gasteiger partial charge in [0, 0.05) is 34.4 Å². The molecule has 1 N–H and O–H groups in total. The van der Waals surface area contributed by atoms with Crippen LogP contribution in [-0.4, -0.2) is 29.3 Å². The zero-order chi connectivity index (χ0) is 19.7. The quantitative estimate of drug-likeness (QED) is 0.634. The van der Waals surface area contributed by atoms with Crippen molar-refractivity contribution in [2.24, 2.45) is 5.41 Å². The van der Waals surface area contributed by atoms with Crippen LogP contribution >= 0.6 is 11.6 Å². The number of nitrogens with one attached hydrogen (secondary N) is 1. The number of carbonyl (C=O) groups is 1. The van der Waals surface area contributed by atoms with Gasteiger partial charge in [-0.15, -0.1) is 0 Å². The summed E-state index contributed by atoms with van der Waals surface area (Å²) in [6.07, 6.45) is 7.52. The number of benzene rings is 1. The summed E-state index contributed by atoms with van der Waals surface area (Å²) in [6, 6.07) is 9.78. The van der Waals surface area contributed by atoms with Crippen molar-refractivity contribution >= 4 is 29.0 Å². The highest BCUT2D eigenvalue weighted by molar-refractivity contribution is 6.31. The van der Waals surface area contributed by atoms with Crippen molar-refractivity contribution in [3.8, 4) is 0 Å². The average molecular weight is 398 g/mol. The van der Waals surface area contributed by atoms with E-state index in [2.05, 4.69) is 22.3 Å². The summed E-state index contributed by atoms with van der Waals surface area (Å²) in [5, 5.41) is 4.07. The number of aldehydes is 1. The number of carbonyl (C=O) groups excluding carboxylic acids is 1. The number of hydrogen-bond acceptors (Lipinski definition) is 5. The van der Waals surface area contributed by atoms with E-state index < -0.39 is 0 Å². The van der Waals surface area contributed by atoms with Crippen LogP contribution < -0.4 is 5.32 Å². The standard InChI is InChI=1S/C15H17ClN2O.C7H7NO/c1-17-11-7-15(8-11)5-9(6-15)14-18-12-4-10(16)2-3-13(12)19-14;1-6-4-7(5-9)2-3-8-6/h2-4,9,11,17H,5-8H2,1H3;2-5H,1H3. The molecule has 3 aromatic rings. The van der Waals surface area contributed by atoms with Crippen molar-refractivity contribution in [1.82, 2.24) is 15.3 Å². The van der Waals surface area contributed by atoms with Crippen LogP contribution in [0, 0.1) is 12.3 Å². The number of nitrogens with zero attached hydrogens (tertiary/aromatic N) is 2. The molecular weight excluding hydrogens is 374 g/mol. The zero-order valence-corrected chi connectivity index (χ0v) is 16.9. The van der Waals surface area contributed by atoms with Gasteiger partial charge in [0.05, 0.1) is 0 Å². The van der Waals surface area contributed by atoms with E-state index in [1.165, 1.54) is 25.7 Å². The molecule has 146 valence electrons. The van der Waals surface area contributed by atoms with Crippen molar-refractivity contribution < 1.29 is 9.21 Å². The molecule has 2 saturated carbocycles. The number of pyridine rings is 1. The molecule has 2 fully saturated rings. The van der Waals surface area contributed by atoms with Crippen molar-refractivity contribution in [3.05, 3.63) is 58.7 Å². The van der Waals surface area contributed by atoms with Gasteiger partial charge in [0.1, 0.15) is 11.8 Å². The Morgan fingerprint density at radius 3 is 2.64 bits per heavy atom. The first-order valence-corrected chi connectivity index (χ1v) is 9.99. The van der Waals surface area contributed by atoms with Crippen molar-refractivity contribution in [2.75, 3.05) is 7.05 Å². The van der Waals surface area contributed by atoms with Crippen molar-refractivity contribution in [3.63, 3.8) is 0 Å². The van der Waals surface area contributed by atoms with Crippen LogP contribution in [-0.2, 0) is 0 Å². The minimum absolute atomic E-state index is 0.504. The van der Waals surface area contributed by atoms with Crippen molar-refractivity contribution in [1.29, 1.82) is 0 Å². The molecule has 2 heterocycles. The highest BCUT2D eigenvalue weighted by Gasteiger charge is 2.53. The molecule has 5 rings (SSSR count). The third kappa shape index (κ3) is 3.82. The molecule has 0 radical (unpaired) electrons. The van der Waals surface area contributed by atoms with Crippen LogP contribution in [0.1, 0.15) is 53.5 Å². The van der Waals surface area contributed by atoms with Crippen molar-refractivity contribution in [2.45, 2.75) is 44.6 Å². The van der Waals surface area contributed by atoms with Gasteiger partial charge in [0.25, 0.3) is 0 Å². The normalized spacial score (nSPS) is 25.5. The number of hydrogen-bond donors (Lipinski definition) is 1. The first kappa shape index (κ1) is 19.1. The number of fused-ring (bicyclic) bond motifs is 1. The first-order chi connectivity index (χ1) is 13.5. The topological polar surface area (TPSA) is 68.0 Å².